The summed E-state index contributed by atoms with van der Waals surface area (Å²) in [5.41, 5.74) is 1.62. The van der Waals surface area contributed by atoms with Crippen molar-refractivity contribution < 1.29 is 0 Å². The zero-order valence-electron chi connectivity index (χ0n) is 7.37. The van der Waals surface area contributed by atoms with Crippen LogP contribution in [0.5, 0.6) is 0 Å². The lowest BCUT2D eigenvalue weighted by molar-refractivity contribution is 1.32. The van der Waals surface area contributed by atoms with Crippen molar-refractivity contribution in [2.75, 3.05) is 4.43 Å². The number of hydrogen-bond acceptors (Lipinski definition) is 0. The van der Waals surface area contributed by atoms with E-state index in [4.69, 9.17) is 0 Å². The lowest BCUT2D eigenvalue weighted by atomic mass is 10.3. The average Bonchev–Trinajstić information content (AvgIpc) is 1.81. The second-order valence-electron chi connectivity index (χ2n) is 3.82. The molecule has 2 heteroatoms. The summed E-state index contributed by atoms with van der Waals surface area (Å²) in [5, 5.41) is 0. The van der Waals surface area contributed by atoms with Crippen LogP contribution >= 0.6 is 22.6 Å². The van der Waals surface area contributed by atoms with E-state index in [-0.39, 0.29) is 0 Å². The number of alkyl halides is 1. The molecule has 0 radical (unpaired) electrons. The molecule has 0 spiro atoms. The summed E-state index contributed by atoms with van der Waals surface area (Å²) in [5.74, 6) is 0. The second-order valence-corrected chi connectivity index (χ2v) is 10.1. The summed E-state index contributed by atoms with van der Waals surface area (Å²) in [7, 11) is -0.835. The monoisotopic (exact) mass is 268 g/mol. The van der Waals surface area contributed by atoms with Gasteiger partial charge in [0.1, 0.15) is 0 Å². The van der Waals surface area contributed by atoms with E-state index >= 15 is 0 Å². The molecular formula is C8H17ISi. The van der Waals surface area contributed by atoms with Crippen LogP contribution in [-0.2, 0) is 0 Å². The van der Waals surface area contributed by atoms with E-state index in [0.29, 0.717) is 0 Å². The van der Waals surface area contributed by atoms with E-state index in [1.165, 1.54) is 10.5 Å². The lowest BCUT2D eigenvalue weighted by Crippen LogP contribution is -2.20. The molecule has 0 nitrogen and oxygen atoms in total. The molecule has 0 aromatic heterocycles. The zero-order valence-corrected chi connectivity index (χ0v) is 10.5. The van der Waals surface area contributed by atoms with E-state index in [0.717, 1.165) is 0 Å². The molecule has 0 aromatic carbocycles. The molecule has 0 saturated carbocycles. The molecule has 10 heavy (non-hydrogen) atoms. The molecule has 0 saturated heterocycles. The van der Waals surface area contributed by atoms with Crippen LogP contribution in [-0.4, -0.2) is 12.5 Å². The topological polar surface area (TPSA) is 0 Å². The first kappa shape index (κ1) is 10.7. The Morgan fingerprint density at radius 1 is 1.40 bits per heavy atom. The van der Waals surface area contributed by atoms with Crippen LogP contribution in [0.4, 0.5) is 0 Å². The minimum absolute atomic E-state index is 0.835. The van der Waals surface area contributed by atoms with Crippen LogP contribution in [0.15, 0.2) is 11.6 Å². The van der Waals surface area contributed by atoms with Gasteiger partial charge in [0.05, 0.1) is 0 Å². The number of allylic oxidation sites excluding steroid dienone is 2. The summed E-state index contributed by atoms with van der Waals surface area (Å²) in [6.45, 7) is 9.41. The van der Waals surface area contributed by atoms with Crippen molar-refractivity contribution in [2.45, 2.75) is 32.6 Å². The van der Waals surface area contributed by atoms with Crippen LogP contribution in [0, 0.1) is 0 Å². The van der Waals surface area contributed by atoms with E-state index in [1.807, 2.05) is 0 Å². The maximum atomic E-state index is 2.44. The van der Waals surface area contributed by atoms with E-state index < -0.39 is 8.07 Å². The van der Waals surface area contributed by atoms with E-state index in [9.17, 15) is 0 Å². The summed E-state index contributed by atoms with van der Waals surface area (Å²) < 4.78 is 1.21. The fraction of sp³-hybridized carbons (Fsp3) is 0.750. The first-order valence-corrected chi connectivity index (χ1v) is 8.93. The molecular weight excluding hydrogens is 251 g/mol. The molecule has 60 valence electrons. The van der Waals surface area contributed by atoms with Gasteiger partial charge in [-0.05, 0) is 13.0 Å². The Kier molecular flexibility index (Phi) is 4.85. The van der Waals surface area contributed by atoms with Gasteiger partial charge in [-0.3, -0.25) is 0 Å². The predicted octanol–water partition coefficient (Wildman–Crippen LogP) is 3.71. The highest BCUT2D eigenvalue weighted by atomic mass is 127. The van der Waals surface area contributed by atoms with E-state index in [2.05, 4.69) is 55.2 Å². The van der Waals surface area contributed by atoms with Crippen molar-refractivity contribution in [3.63, 3.8) is 0 Å². The van der Waals surface area contributed by atoms with Gasteiger partial charge in [0.25, 0.3) is 0 Å². The first-order chi connectivity index (χ1) is 4.49. The Labute approximate surface area is 79.2 Å². The van der Waals surface area contributed by atoms with Crippen molar-refractivity contribution >= 4 is 30.7 Å². The average molecular weight is 268 g/mol. The number of rotatable bonds is 3. The highest BCUT2D eigenvalue weighted by molar-refractivity contribution is 14.1. The van der Waals surface area contributed by atoms with Crippen LogP contribution in [0.25, 0.3) is 0 Å². The van der Waals surface area contributed by atoms with Crippen LogP contribution in [0.1, 0.15) is 6.92 Å². The third-order valence-corrected chi connectivity index (χ3v) is 3.83. The molecule has 0 N–H and O–H groups in total. The highest BCUT2D eigenvalue weighted by Crippen LogP contribution is 2.17. The Morgan fingerprint density at radius 2 is 1.90 bits per heavy atom. The SMILES string of the molecule is CC=C(CI)C[Si](C)(C)C. The van der Waals surface area contributed by atoms with Gasteiger partial charge in [0.15, 0.2) is 0 Å². The van der Waals surface area contributed by atoms with Crippen LogP contribution in [0.3, 0.4) is 0 Å². The zero-order chi connectivity index (χ0) is 8.20. The van der Waals surface area contributed by atoms with Gasteiger partial charge in [-0.15, -0.1) is 0 Å². The van der Waals surface area contributed by atoms with Gasteiger partial charge >= 0.3 is 0 Å². The van der Waals surface area contributed by atoms with Crippen LogP contribution < -0.4 is 0 Å². The Hall–Kier alpha value is 0.687. The first-order valence-electron chi connectivity index (χ1n) is 3.69. The number of halogens is 1. The minimum Gasteiger partial charge on any atom is -0.0880 e. The maximum absolute atomic E-state index is 2.44. The van der Waals surface area contributed by atoms with Gasteiger partial charge in [-0.25, -0.2) is 0 Å². The molecule has 0 aliphatic heterocycles. The third-order valence-electron chi connectivity index (χ3n) is 1.34. The largest absolute Gasteiger partial charge is 0.0880 e. The molecule has 0 fully saturated rings. The van der Waals surface area contributed by atoms with Gasteiger partial charge in [0.2, 0.25) is 0 Å². The molecule has 0 aliphatic carbocycles. The fourth-order valence-electron chi connectivity index (χ4n) is 0.908. The quantitative estimate of drug-likeness (QED) is 0.317. The summed E-state index contributed by atoms with van der Waals surface area (Å²) >= 11 is 2.44. The smallest absolute Gasteiger partial charge is 0.0483 e. The number of hydrogen-bond donors (Lipinski definition) is 0. The molecule has 0 bridgehead atoms. The van der Waals surface area contributed by atoms with Gasteiger partial charge < -0.3 is 0 Å². The van der Waals surface area contributed by atoms with Crippen molar-refractivity contribution in [1.29, 1.82) is 0 Å². The molecule has 0 unspecified atom stereocenters. The van der Waals surface area contributed by atoms with Crippen molar-refractivity contribution in [3.05, 3.63) is 11.6 Å². The van der Waals surface area contributed by atoms with Gasteiger partial charge in [0, 0.05) is 12.5 Å². The summed E-state index contributed by atoms with van der Waals surface area (Å²) in [4.78, 5) is 0. The molecule has 0 rings (SSSR count). The highest BCUT2D eigenvalue weighted by Gasteiger charge is 2.13. The Balaban J connectivity index is 3.88. The predicted molar refractivity (Wildman–Crippen MR) is 60.8 cm³/mol. The Morgan fingerprint density at radius 3 is 2.00 bits per heavy atom. The van der Waals surface area contributed by atoms with E-state index in [1.54, 1.807) is 5.57 Å². The fourth-order valence-corrected chi connectivity index (χ4v) is 3.82. The summed E-state index contributed by atoms with van der Waals surface area (Å²) in [6.07, 6.45) is 2.27. The molecule has 0 aromatic rings. The van der Waals surface area contributed by atoms with Crippen molar-refractivity contribution in [2.24, 2.45) is 0 Å². The lowest BCUT2D eigenvalue weighted by Gasteiger charge is -2.16. The van der Waals surface area contributed by atoms with Gasteiger partial charge in [-0.1, -0.05) is 53.9 Å². The maximum Gasteiger partial charge on any atom is 0.0483 e. The summed E-state index contributed by atoms with van der Waals surface area (Å²) in [6, 6.07) is 1.37. The second kappa shape index (κ2) is 4.54. The minimum atomic E-state index is -0.835. The molecule has 0 aliphatic rings. The molecule has 0 heterocycles. The van der Waals surface area contributed by atoms with Gasteiger partial charge in [-0.2, -0.15) is 0 Å². The third kappa shape index (κ3) is 5.47. The molecule has 0 amide bonds. The van der Waals surface area contributed by atoms with Crippen molar-refractivity contribution in [3.8, 4) is 0 Å². The normalized spacial score (nSPS) is 13.9. The standard InChI is InChI=1S/C8H17ISi/c1-5-8(6-9)7-10(2,3)4/h5H,6-7H2,1-4H3. The van der Waals surface area contributed by atoms with Crippen LogP contribution in [0.2, 0.25) is 25.7 Å². The molecule has 0 atom stereocenters. The van der Waals surface area contributed by atoms with Crippen molar-refractivity contribution in [1.82, 2.24) is 0 Å². The Bertz CT molecular complexity index is 122.